The van der Waals surface area contributed by atoms with E-state index in [-0.39, 0.29) is 12.6 Å². The van der Waals surface area contributed by atoms with E-state index < -0.39 is 12.2 Å². The first-order valence-corrected chi connectivity index (χ1v) is 6.05. The highest BCUT2D eigenvalue weighted by Crippen LogP contribution is 2.11. The molecule has 0 saturated heterocycles. The van der Waals surface area contributed by atoms with Crippen LogP contribution in [0.4, 0.5) is 4.79 Å². The molecule has 0 heterocycles. The van der Waals surface area contributed by atoms with Gasteiger partial charge in [-0.3, -0.25) is 0 Å². The number of amides is 1. The first-order chi connectivity index (χ1) is 8.91. The number of benzene rings is 1. The van der Waals surface area contributed by atoms with Gasteiger partial charge in [0.1, 0.15) is 0 Å². The van der Waals surface area contributed by atoms with E-state index in [0.717, 1.165) is 5.56 Å². The van der Waals surface area contributed by atoms with E-state index in [4.69, 9.17) is 10.9 Å². The van der Waals surface area contributed by atoms with E-state index in [1.165, 1.54) is 0 Å². The molecule has 0 spiro atoms. The first kappa shape index (κ1) is 15.4. The molecule has 0 bridgehead atoms. The third kappa shape index (κ3) is 4.86. The van der Waals surface area contributed by atoms with Gasteiger partial charge >= 0.3 is 6.09 Å². The summed E-state index contributed by atoms with van der Waals surface area (Å²) in [7, 11) is 3.69. The lowest BCUT2D eigenvalue weighted by atomic mass is 10.0. The Balaban J connectivity index is 2.69. The highest BCUT2D eigenvalue weighted by atomic mass is 16.4. The van der Waals surface area contributed by atoms with Crippen molar-refractivity contribution in [3.8, 4) is 0 Å². The van der Waals surface area contributed by atoms with Gasteiger partial charge in [-0.1, -0.05) is 30.3 Å². The molecule has 0 radical (unpaired) electrons. The number of likely N-dealkylation sites (N-methyl/N-ethyl adjacent to an activating group) is 1. The normalized spacial score (nSPS) is 14.2. The average Bonchev–Trinajstić information content (AvgIpc) is 2.36. The number of aliphatic hydroxyl groups excluding tert-OH is 1. The number of hydrogen-bond acceptors (Lipinski definition) is 4. The molecule has 6 heteroatoms. The topological polar surface area (TPSA) is 90.0 Å². The Labute approximate surface area is 113 Å². The fourth-order valence-electron chi connectivity index (χ4n) is 1.92. The van der Waals surface area contributed by atoms with Crippen molar-refractivity contribution in [2.75, 3.05) is 20.6 Å². The minimum atomic E-state index is -1.25. The summed E-state index contributed by atoms with van der Waals surface area (Å²) in [4.78, 5) is 12.5. The molecule has 1 rings (SSSR count). The Bertz CT molecular complexity index is 397. The Hall–Kier alpha value is -1.63. The van der Waals surface area contributed by atoms with Gasteiger partial charge in [0.2, 0.25) is 0 Å². The van der Waals surface area contributed by atoms with Crippen LogP contribution < -0.4 is 5.84 Å². The number of rotatable bonds is 6. The summed E-state index contributed by atoms with van der Waals surface area (Å²) in [6.07, 6.45) is -1.48. The zero-order valence-electron chi connectivity index (χ0n) is 11.2. The van der Waals surface area contributed by atoms with E-state index in [9.17, 15) is 9.90 Å². The van der Waals surface area contributed by atoms with Gasteiger partial charge in [-0.05, 0) is 26.1 Å². The zero-order valence-corrected chi connectivity index (χ0v) is 11.2. The van der Waals surface area contributed by atoms with Gasteiger partial charge in [-0.25, -0.2) is 15.6 Å². The number of carbonyl (C=O) groups is 1. The van der Waals surface area contributed by atoms with Crippen molar-refractivity contribution in [3.63, 3.8) is 0 Å². The second-order valence-corrected chi connectivity index (χ2v) is 4.72. The van der Waals surface area contributed by atoms with Gasteiger partial charge in [-0.15, -0.1) is 0 Å². The molecule has 6 nitrogen and oxygen atoms in total. The van der Waals surface area contributed by atoms with Crippen LogP contribution in [0.5, 0.6) is 0 Å². The molecule has 2 unspecified atom stereocenters. The van der Waals surface area contributed by atoms with Crippen LogP contribution in [-0.2, 0) is 6.42 Å². The molecule has 4 N–H and O–H groups in total. The second kappa shape index (κ2) is 7.08. The van der Waals surface area contributed by atoms with Gasteiger partial charge in [0.15, 0.2) is 0 Å². The number of hydrogen-bond donors (Lipinski definition) is 3. The van der Waals surface area contributed by atoms with E-state index in [2.05, 4.69) is 0 Å². The molecule has 1 amide bonds. The Kier molecular flexibility index (Phi) is 5.75. The Morgan fingerprint density at radius 1 is 1.32 bits per heavy atom. The average molecular weight is 267 g/mol. The van der Waals surface area contributed by atoms with Crippen LogP contribution >= 0.6 is 0 Å². The maximum absolute atomic E-state index is 10.7. The Morgan fingerprint density at radius 3 is 2.37 bits per heavy atom. The molecule has 0 fully saturated rings. The summed E-state index contributed by atoms with van der Waals surface area (Å²) in [5, 5.41) is 19.5. The number of hydrazine groups is 1. The predicted octanol–water partition coefficient (Wildman–Crippen LogP) is 0.374. The lowest BCUT2D eigenvalue weighted by molar-refractivity contribution is 0.0427. The molecule has 0 aliphatic heterocycles. The first-order valence-electron chi connectivity index (χ1n) is 6.05. The lowest BCUT2D eigenvalue weighted by Gasteiger charge is -2.30. The van der Waals surface area contributed by atoms with Gasteiger partial charge in [0.25, 0.3) is 0 Å². The van der Waals surface area contributed by atoms with Crippen LogP contribution in [0.25, 0.3) is 0 Å². The highest BCUT2D eigenvalue weighted by Gasteiger charge is 2.24. The summed E-state index contributed by atoms with van der Waals surface area (Å²) < 4.78 is 0. The second-order valence-electron chi connectivity index (χ2n) is 4.72. The van der Waals surface area contributed by atoms with E-state index in [0.29, 0.717) is 11.4 Å². The molecule has 1 aromatic carbocycles. The van der Waals surface area contributed by atoms with E-state index in [1.807, 2.05) is 49.3 Å². The van der Waals surface area contributed by atoms with Crippen LogP contribution in [-0.4, -0.2) is 59.0 Å². The minimum absolute atomic E-state index is 0.120. The molecule has 0 saturated carbocycles. The smallest absolute Gasteiger partial charge is 0.421 e. The fraction of sp³-hybridized carbons (Fsp3) is 0.462. The van der Waals surface area contributed by atoms with Gasteiger partial charge in [0, 0.05) is 6.04 Å². The van der Waals surface area contributed by atoms with Crippen LogP contribution in [0.3, 0.4) is 0 Å². The maximum Gasteiger partial charge on any atom is 0.421 e. The minimum Gasteiger partial charge on any atom is -0.464 e. The summed E-state index contributed by atoms with van der Waals surface area (Å²) in [6.45, 7) is -0.120. The zero-order chi connectivity index (χ0) is 14.4. The SMILES string of the molecule is CN(C)C(Cc1ccccc1)C(O)CN(N)C(=O)O. The fourth-order valence-corrected chi connectivity index (χ4v) is 1.92. The van der Waals surface area contributed by atoms with Crippen molar-refractivity contribution < 1.29 is 15.0 Å². The van der Waals surface area contributed by atoms with Crippen molar-refractivity contribution in [2.24, 2.45) is 5.84 Å². The Morgan fingerprint density at radius 2 is 1.89 bits per heavy atom. The van der Waals surface area contributed by atoms with Crippen molar-refractivity contribution in [3.05, 3.63) is 35.9 Å². The number of nitrogens with zero attached hydrogens (tertiary/aromatic N) is 2. The third-order valence-electron chi connectivity index (χ3n) is 3.02. The molecule has 106 valence electrons. The van der Waals surface area contributed by atoms with Crippen molar-refractivity contribution in [1.29, 1.82) is 0 Å². The summed E-state index contributed by atoms with van der Waals surface area (Å²) in [6, 6.07) is 9.53. The van der Waals surface area contributed by atoms with E-state index in [1.54, 1.807) is 0 Å². The standard InChI is InChI=1S/C13H21N3O3/c1-15(2)11(8-10-6-4-3-5-7-10)12(17)9-16(14)13(18)19/h3-7,11-12,17H,8-9,14H2,1-2H3,(H,18,19). The summed E-state index contributed by atoms with van der Waals surface area (Å²) in [5.74, 6) is 5.30. The molecule has 1 aromatic rings. The highest BCUT2D eigenvalue weighted by molar-refractivity contribution is 5.64. The molecule has 19 heavy (non-hydrogen) atoms. The number of carboxylic acid groups (broad SMARTS) is 1. The maximum atomic E-state index is 10.7. The monoisotopic (exact) mass is 267 g/mol. The van der Waals surface area contributed by atoms with Crippen molar-refractivity contribution in [1.82, 2.24) is 9.91 Å². The largest absolute Gasteiger partial charge is 0.464 e. The quantitative estimate of drug-likeness (QED) is 0.394. The molecular weight excluding hydrogens is 246 g/mol. The molecular formula is C13H21N3O3. The van der Waals surface area contributed by atoms with Crippen LogP contribution in [0.2, 0.25) is 0 Å². The van der Waals surface area contributed by atoms with Crippen LogP contribution in [0.1, 0.15) is 5.56 Å². The third-order valence-corrected chi connectivity index (χ3v) is 3.02. The molecule has 0 aromatic heterocycles. The molecule has 0 aliphatic carbocycles. The summed E-state index contributed by atoms with van der Waals surface area (Å²) >= 11 is 0. The van der Waals surface area contributed by atoms with Crippen molar-refractivity contribution in [2.45, 2.75) is 18.6 Å². The van der Waals surface area contributed by atoms with Crippen LogP contribution in [0, 0.1) is 0 Å². The van der Waals surface area contributed by atoms with Gasteiger partial charge < -0.3 is 15.1 Å². The number of nitrogens with two attached hydrogens (primary N) is 1. The molecule has 2 atom stereocenters. The van der Waals surface area contributed by atoms with Crippen LogP contribution in [0.15, 0.2) is 30.3 Å². The number of aliphatic hydroxyl groups is 1. The van der Waals surface area contributed by atoms with Crippen molar-refractivity contribution >= 4 is 6.09 Å². The van der Waals surface area contributed by atoms with E-state index >= 15 is 0 Å². The summed E-state index contributed by atoms with van der Waals surface area (Å²) in [5.41, 5.74) is 1.08. The van der Waals surface area contributed by atoms with Gasteiger partial charge in [-0.2, -0.15) is 0 Å². The van der Waals surface area contributed by atoms with Gasteiger partial charge in [0.05, 0.1) is 12.6 Å². The lowest BCUT2D eigenvalue weighted by Crippen LogP contribution is -2.50. The molecule has 0 aliphatic rings. The predicted molar refractivity (Wildman–Crippen MR) is 72.5 cm³/mol.